The third-order valence-corrected chi connectivity index (χ3v) is 3.39. The van der Waals surface area contributed by atoms with Crippen LogP contribution in [-0.2, 0) is 4.74 Å². The minimum atomic E-state index is -0.605. The van der Waals surface area contributed by atoms with Crippen LogP contribution in [0.25, 0.3) is 0 Å². The normalized spacial score (nSPS) is 22.4. The van der Waals surface area contributed by atoms with Crippen molar-refractivity contribution < 1.29 is 13.5 Å². The van der Waals surface area contributed by atoms with Crippen molar-refractivity contribution in [3.8, 4) is 0 Å². The molecule has 2 atom stereocenters. The lowest BCUT2D eigenvalue weighted by Gasteiger charge is -2.35. The lowest BCUT2D eigenvalue weighted by Crippen LogP contribution is -2.47. The van der Waals surface area contributed by atoms with Gasteiger partial charge in [-0.1, -0.05) is 6.92 Å². The number of morpholine rings is 1. The van der Waals surface area contributed by atoms with Gasteiger partial charge in [-0.15, -0.1) is 0 Å². The van der Waals surface area contributed by atoms with Crippen molar-refractivity contribution in [3.63, 3.8) is 0 Å². The fraction of sp³-hybridized carbons (Fsp3) is 0.571. The van der Waals surface area contributed by atoms with Crippen molar-refractivity contribution in [2.45, 2.75) is 25.5 Å². The van der Waals surface area contributed by atoms with E-state index in [0.29, 0.717) is 18.7 Å². The summed E-state index contributed by atoms with van der Waals surface area (Å²) in [7, 11) is 0. The van der Waals surface area contributed by atoms with E-state index in [1.54, 1.807) is 0 Å². The first-order valence-corrected chi connectivity index (χ1v) is 6.65. The van der Waals surface area contributed by atoms with E-state index in [1.165, 1.54) is 12.1 Å². The summed E-state index contributed by atoms with van der Waals surface area (Å²) >= 11 is 0. The summed E-state index contributed by atoms with van der Waals surface area (Å²) in [6.07, 6.45) is 0.845. The van der Waals surface area contributed by atoms with E-state index >= 15 is 0 Å². The zero-order valence-electron chi connectivity index (χ0n) is 11.1. The first-order chi connectivity index (χ1) is 9.10. The highest BCUT2D eigenvalue weighted by Crippen LogP contribution is 2.22. The van der Waals surface area contributed by atoms with Crippen LogP contribution < -0.4 is 5.73 Å². The van der Waals surface area contributed by atoms with E-state index in [1.807, 2.05) is 0 Å². The zero-order valence-corrected chi connectivity index (χ0v) is 11.1. The van der Waals surface area contributed by atoms with E-state index in [-0.39, 0.29) is 6.10 Å². The standard InChI is InChI=1S/C14H20F2N2O/c1-2-3-18-4-5-19-13(9-18)14(17)10-6-11(15)8-12(16)7-10/h6-8,13-14H,2-5,9,17H2,1H3. The third-order valence-electron chi connectivity index (χ3n) is 3.39. The van der Waals surface area contributed by atoms with Gasteiger partial charge in [-0.25, -0.2) is 8.78 Å². The molecule has 0 aromatic heterocycles. The highest BCUT2D eigenvalue weighted by molar-refractivity contribution is 5.22. The van der Waals surface area contributed by atoms with Crippen molar-refractivity contribution in [1.82, 2.24) is 4.90 Å². The summed E-state index contributed by atoms with van der Waals surface area (Å²) in [5.74, 6) is -1.21. The molecular formula is C14H20F2N2O. The molecule has 0 amide bonds. The van der Waals surface area contributed by atoms with Crippen molar-refractivity contribution in [3.05, 3.63) is 35.4 Å². The second-order valence-electron chi connectivity index (χ2n) is 4.94. The Hall–Kier alpha value is -1.04. The van der Waals surface area contributed by atoms with Gasteiger partial charge in [-0.2, -0.15) is 0 Å². The highest BCUT2D eigenvalue weighted by Gasteiger charge is 2.27. The smallest absolute Gasteiger partial charge is 0.126 e. The Kier molecular flexibility index (Phi) is 4.85. The first kappa shape index (κ1) is 14.4. The Labute approximate surface area is 112 Å². The second kappa shape index (κ2) is 6.41. The van der Waals surface area contributed by atoms with Gasteiger partial charge in [-0.05, 0) is 30.7 Å². The van der Waals surface area contributed by atoms with Crippen molar-refractivity contribution in [2.24, 2.45) is 5.73 Å². The van der Waals surface area contributed by atoms with Gasteiger partial charge < -0.3 is 10.5 Å². The molecule has 0 radical (unpaired) electrons. The SMILES string of the molecule is CCCN1CCOC(C(N)c2cc(F)cc(F)c2)C1. The summed E-state index contributed by atoms with van der Waals surface area (Å²) in [5, 5.41) is 0. The van der Waals surface area contributed by atoms with Gasteiger partial charge in [0.25, 0.3) is 0 Å². The number of nitrogens with zero attached hydrogens (tertiary/aromatic N) is 1. The Morgan fingerprint density at radius 1 is 1.37 bits per heavy atom. The van der Waals surface area contributed by atoms with Crippen LogP contribution in [0.15, 0.2) is 18.2 Å². The van der Waals surface area contributed by atoms with Crippen molar-refractivity contribution >= 4 is 0 Å². The van der Waals surface area contributed by atoms with Crippen LogP contribution in [0.5, 0.6) is 0 Å². The maximum absolute atomic E-state index is 13.2. The topological polar surface area (TPSA) is 38.5 Å². The van der Waals surface area contributed by atoms with E-state index in [0.717, 1.165) is 25.6 Å². The van der Waals surface area contributed by atoms with Crippen LogP contribution in [0.4, 0.5) is 8.78 Å². The summed E-state index contributed by atoms with van der Waals surface area (Å²) < 4.78 is 32.1. The molecule has 3 nitrogen and oxygen atoms in total. The molecule has 106 valence electrons. The predicted molar refractivity (Wildman–Crippen MR) is 69.8 cm³/mol. The van der Waals surface area contributed by atoms with Crippen molar-refractivity contribution in [2.75, 3.05) is 26.2 Å². The number of benzene rings is 1. The lowest BCUT2D eigenvalue weighted by atomic mass is 10.0. The largest absolute Gasteiger partial charge is 0.374 e. The van der Waals surface area contributed by atoms with Crippen LogP contribution in [0.3, 0.4) is 0 Å². The summed E-state index contributed by atoms with van der Waals surface area (Å²) in [4.78, 5) is 2.27. The Balaban J connectivity index is 2.07. The molecule has 19 heavy (non-hydrogen) atoms. The number of rotatable bonds is 4. The molecule has 5 heteroatoms. The molecule has 1 aliphatic rings. The molecule has 1 aromatic rings. The molecule has 1 aliphatic heterocycles. The lowest BCUT2D eigenvalue weighted by molar-refractivity contribution is -0.0408. The average Bonchev–Trinajstić information content (AvgIpc) is 2.37. The molecule has 1 heterocycles. The van der Waals surface area contributed by atoms with Gasteiger partial charge in [-0.3, -0.25) is 4.90 Å². The molecule has 2 N–H and O–H groups in total. The number of hydrogen-bond acceptors (Lipinski definition) is 3. The molecule has 0 aliphatic carbocycles. The van der Waals surface area contributed by atoms with Crippen LogP contribution in [0.1, 0.15) is 24.9 Å². The minimum Gasteiger partial charge on any atom is -0.374 e. The molecule has 2 unspecified atom stereocenters. The average molecular weight is 270 g/mol. The maximum Gasteiger partial charge on any atom is 0.126 e. The summed E-state index contributed by atoms with van der Waals surface area (Å²) in [6.45, 7) is 5.30. The summed E-state index contributed by atoms with van der Waals surface area (Å²) in [6, 6.07) is 2.89. The van der Waals surface area contributed by atoms with Gasteiger partial charge >= 0.3 is 0 Å². The molecule has 1 saturated heterocycles. The molecule has 1 aromatic carbocycles. The second-order valence-corrected chi connectivity index (χ2v) is 4.94. The van der Waals surface area contributed by atoms with Gasteiger partial charge in [0.05, 0.1) is 18.8 Å². The predicted octanol–water partition coefficient (Wildman–Crippen LogP) is 2.08. The molecular weight excluding hydrogens is 250 g/mol. The highest BCUT2D eigenvalue weighted by atomic mass is 19.1. The Morgan fingerprint density at radius 2 is 2.05 bits per heavy atom. The van der Waals surface area contributed by atoms with E-state index in [9.17, 15) is 8.78 Å². The number of ether oxygens (including phenoxy) is 1. The van der Waals surface area contributed by atoms with Gasteiger partial charge in [0, 0.05) is 19.2 Å². The van der Waals surface area contributed by atoms with Crippen LogP contribution in [0, 0.1) is 11.6 Å². The van der Waals surface area contributed by atoms with E-state index in [2.05, 4.69) is 11.8 Å². The number of halogens is 2. The van der Waals surface area contributed by atoms with E-state index in [4.69, 9.17) is 10.5 Å². The quantitative estimate of drug-likeness (QED) is 0.910. The Morgan fingerprint density at radius 3 is 2.68 bits per heavy atom. The van der Waals surface area contributed by atoms with Gasteiger partial charge in [0.1, 0.15) is 11.6 Å². The number of nitrogens with two attached hydrogens (primary N) is 1. The van der Waals surface area contributed by atoms with Crippen LogP contribution in [-0.4, -0.2) is 37.2 Å². The summed E-state index contributed by atoms with van der Waals surface area (Å²) in [5.41, 5.74) is 6.53. The Bertz CT molecular complexity index is 406. The maximum atomic E-state index is 13.2. The molecule has 2 rings (SSSR count). The zero-order chi connectivity index (χ0) is 13.8. The van der Waals surface area contributed by atoms with Crippen LogP contribution >= 0.6 is 0 Å². The molecule has 0 spiro atoms. The van der Waals surface area contributed by atoms with Crippen LogP contribution in [0.2, 0.25) is 0 Å². The fourth-order valence-corrected chi connectivity index (χ4v) is 2.45. The monoisotopic (exact) mass is 270 g/mol. The van der Waals surface area contributed by atoms with Crippen molar-refractivity contribution in [1.29, 1.82) is 0 Å². The molecule has 0 bridgehead atoms. The first-order valence-electron chi connectivity index (χ1n) is 6.65. The number of hydrogen-bond donors (Lipinski definition) is 1. The van der Waals surface area contributed by atoms with E-state index < -0.39 is 17.7 Å². The van der Waals surface area contributed by atoms with Gasteiger partial charge in [0.2, 0.25) is 0 Å². The van der Waals surface area contributed by atoms with Gasteiger partial charge in [0.15, 0.2) is 0 Å². The molecule has 1 fully saturated rings. The molecule has 0 saturated carbocycles. The third kappa shape index (κ3) is 3.72. The fourth-order valence-electron chi connectivity index (χ4n) is 2.45. The minimum absolute atomic E-state index is 0.221.